The summed E-state index contributed by atoms with van der Waals surface area (Å²) < 4.78 is 247. The Bertz CT molecular complexity index is 686. The topological polar surface area (TPSA) is 54.4 Å². The molecule has 3 nitrogen and oxygen atoms in total. The van der Waals surface area contributed by atoms with E-state index in [0.717, 1.165) is 0 Å². The van der Waals surface area contributed by atoms with Crippen LogP contribution in [0.15, 0.2) is 0 Å². The summed E-state index contributed by atoms with van der Waals surface area (Å²) in [5, 5.41) is -8.27. The zero-order valence-electron chi connectivity index (χ0n) is 12.1. The van der Waals surface area contributed by atoms with Crippen molar-refractivity contribution in [1.29, 1.82) is 0 Å². The molecule has 0 heterocycles. The maximum Gasteiger partial charge on any atom is 0.435 e. The van der Waals surface area contributed by atoms with Crippen LogP contribution in [0.1, 0.15) is 0 Å². The Morgan fingerprint density at radius 3 is 0.862 bits per heavy atom. The van der Waals surface area contributed by atoms with Crippen LogP contribution in [-0.2, 0) is 10.1 Å². The summed E-state index contributed by atoms with van der Waals surface area (Å²) in [6.45, 7) is 0. The summed E-state index contributed by atoms with van der Waals surface area (Å²) in [4.78, 5) is 0. The third-order valence-electron chi connectivity index (χ3n) is 3.31. The average Bonchev–Trinajstić information content (AvgIpc) is 2.29. The lowest BCUT2D eigenvalue weighted by Gasteiger charge is -2.50. The zero-order valence-corrected chi connectivity index (χ0v) is 12.9. The molecular formula is C8HF17O3S. The van der Waals surface area contributed by atoms with Crippen molar-refractivity contribution in [2.75, 3.05) is 0 Å². The summed E-state index contributed by atoms with van der Waals surface area (Å²) in [5.41, 5.74) is -18.8. The van der Waals surface area contributed by atoms with Crippen LogP contribution in [0.2, 0.25) is 0 Å². The maximum atomic E-state index is 14.0. The Hall–Kier alpha value is -1.28. The molecule has 0 aliphatic rings. The largest absolute Gasteiger partial charge is 0.435 e. The highest BCUT2D eigenvalue weighted by atomic mass is 32.2. The van der Waals surface area contributed by atoms with Gasteiger partial charge < -0.3 is 0 Å². The summed E-state index contributed by atoms with van der Waals surface area (Å²) in [7, 11) is -8.23. The van der Waals surface area contributed by atoms with E-state index in [4.69, 9.17) is 4.55 Å². The van der Waals surface area contributed by atoms with Crippen molar-refractivity contribution in [2.45, 2.75) is 41.6 Å². The minimum Gasteiger partial charge on any atom is -0.281 e. The van der Waals surface area contributed by atoms with Crippen LogP contribution in [-0.4, -0.2) is 54.5 Å². The normalized spacial score (nSPS) is 18.6. The summed E-state index contributed by atoms with van der Waals surface area (Å²) in [5.74, 6) is -9.05. The lowest BCUT2D eigenvalue weighted by molar-refractivity contribution is -0.514. The van der Waals surface area contributed by atoms with Crippen LogP contribution in [0.25, 0.3) is 0 Å². The summed E-state index contributed by atoms with van der Waals surface area (Å²) >= 11 is 0. The van der Waals surface area contributed by atoms with Crippen molar-refractivity contribution >= 4 is 10.1 Å². The van der Waals surface area contributed by atoms with Gasteiger partial charge in [-0.2, -0.15) is 78.7 Å². The van der Waals surface area contributed by atoms with Crippen molar-refractivity contribution in [3.05, 3.63) is 0 Å². The van der Waals surface area contributed by atoms with E-state index in [-0.39, 0.29) is 0 Å². The van der Waals surface area contributed by atoms with Gasteiger partial charge in [0.15, 0.2) is 0 Å². The second-order valence-corrected chi connectivity index (χ2v) is 6.43. The Morgan fingerprint density at radius 2 is 0.724 bits per heavy atom. The number of hydrogen-bond donors (Lipinski definition) is 1. The van der Waals surface area contributed by atoms with Crippen LogP contribution in [0.5, 0.6) is 0 Å². The van der Waals surface area contributed by atoms with Gasteiger partial charge in [0.1, 0.15) is 0 Å². The Kier molecular flexibility index (Phi) is 6.08. The minimum absolute atomic E-state index is 7.75. The van der Waals surface area contributed by atoms with Gasteiger partial charge in [0.25, 0.3) is 0 Å². The lowest BCUT2D eigenvalue weighted by atomic mass is 9.66. The summed E-state index contributed by atoms with van der Waals surface area (Å²) in [6, 6.07) is 0. The molecule has 176 valence electrons. The van der Waals surface area contributed by atoms with E-state index < -0.39 is 57.1 Å². The monoisotopic (exact) mass is 500 g/mol. The van der Waals surface area contributed by atoms with E-state index in [9.17, 15) is 83.1 Å². The van der Waals surface area contributed by atoms with Gasteiger partial charge in [-0.15, -0.1) is 0 Å². The molecule has 1 atom stereocenters. The molecule has 21 heteroatoms. The number of rotatable bonds is 4. The van der Waals surface area contributed by atoms with E-state index in [2.05, 4.69) is 0 Å². The number of halogens is 17. The van der Waals surface area contributed by atoms with Crippen LogP contribution in [0, 0.1) is 5.41 Å². The van der Waals surface area contributed by atoms with Crippen molar-refractivity contribution in [3.8, 4) is 0 Å². The van der Waals surface area contributed by atoms with E-state index in [1.54, 1.807) is 0 Å². The number of alkyl halides is 17. The summed E-state index contributed by atoms with van der Waals surface area (Å²) in [6.07, 6.45) is -35.3. The average molecular weight is 500 g/mol. The molecule has 0 bridgehead atoms. The van der Waals surface area contributed by atoms with Gasteiger partial charge in [-0.05, 0) is 0 Å². The second-order valence-electron chi connectivity index (χ2n) is 4.97. The fourth-order valence-electron chi connectivity index (χ4n) is 2.06. The highest BCUT2D eigenvalue weighted by Crippen LogP contribution is 2.73. The van der Waals surface area contributed by atoms with Crippen LogP contribution < -0.4 is 0 Å². The third kappa shape index (κ3) is 3.26. The van der Waals surface area contributed by atoms with Gasteiger partial charge in [0.05, 0.1) is 0 Å². The van der Waals surface area contributed by atoms with Gasteiger partial charge in [0, 0.05) is 0 Å². The van der Waals surface area contributed by atoms with Gasteiger partial charge in [-0.25, -0.2) is 4.39 Å². The standard InChI is InChI=1S/C8HF17O3S/c9-2(7(21,22)23,3(10,11)8(24,25)29(26,27)28)1(4(12,13)14,5(15,16)17)6(18,19)20/h(H,26,27,28). The Morgan fingerprint density at radius 1 is 0.483 bits per heavy atom. The first kappa shape index (κ1) is 27.7. The van der Waals surface area contributed by atoms with Crippen molar-refractivity contribution in [3.63, 3.8) is 0 Å². The molecule has 0 aromatic rings. The van der Waals surface area contributed by atoms with Crippen LogP contribution in [0.3, 0.4) is 0 Å². The Balaban J connectivity index is 8.14. The van der Waals surface area contributed by atoms with Crippen molar-refractivity contribution in [2.24, 2.45) is 5.41 Å². The zero-order chi connectivity index (χ0) is 24.5. The van der Waals surface area contributed by atoms with E-state index in [0.29, 0.717) is 0 Å². The second kappa shape index (κ2) is 6.36. The molecule has 0 saturated carbocycles. The molecule has 1 N–H and O–H groups in total. The first-order valence-electron chi connectivity index (χ1n) is 5.68. The highest BCUT2D eigenvalue weighted by molar-refractivity contribution is 7.87. The third-order valence-corrected chi connectivity index (χ3v) is 4.21. The predicted molar refractivity (Wildman–Crippen MR) is 51.9 cm³/mol. The van der Waals surface area contributed by atoms with E-state index >= 15 is 0 Å². The van der Waals surface area contributed by atoms with Crippen molar-refractivity contribution < 1.29 is 87.6 Å². The smallest absolute Gasteiger partial charge is 0.281 e. The molecule has 0 radical (unpaired) electrons. The Labute approximate surface area is 146 Å². The van der Waals surface area contributed by atoms with E-state index in [1.165, 1.54) is 0 Å². The molecule has 0 saturated heterocycles. The molecule has 1 unspecified atom stereocenters. The van der Waals surface area contributed by atoms with E-state index in [1.807, 2.05) is 0 Å². The van der Waals surface area contributed by atoms with Gasteiger partial charge in [-0.1, -0.05) is 0 Å². The fourth-order valence-corrected chi connectivity index (χ4v) is 2.52. The molecule has 0 aliphatic heterocycles. The fraction of sp³-hybridized carbons (Fsp3) is 1.00. The molecule has 0 spiro atoms. The van der Waals surface area contributed by atoms with Gasteiger partial charge in [-0.3, -0.25) is 4.55 Å². The highest BCUT2D eigenvalue weighted by Gasteiger charge is 3.04. The SMILES string of the molecule is O=S(=O)(O)C(F)(F)C(F)(F)C(F)(C(F)(F)F)C(C(F)(F)F)(C(F)(F)F)C(F)(F)F. The minimum atomic E-state index is -9.46. The van der Waals surface area contributed by atoms with Crippen LogP contribution >= 0.6 is 0 Å². The molecule has 0 aromatic heterocycles. The first-order chi connectivity index (χ1) is 12.0. The molecule has 29 heavy (non-hydrogen) atoms. The van der Waals surface area contributed by atoms with Crippen LogP contribution in [0.4, 0.5) is 74.6 Å². The quantitative estimate of drug-likeness (QED) is 0.435. The maximum absolute atomic E-state index is 14.0. The molecule has 0 fully saturated rings. The molecule has 0 amide bonds. The van der Waals surface area contributed by atoms with Crippen molar-refractivity contribution in [1.82, 2.24) is 0 Å². The van der Waals surface area contributed by atoms with Gasteiger partial charge >= 0.3 is 57.1 Å². The molecule has 0 aromatic carbocycles. The lowest BCUT2D eigenvalue weighted by Crippen LogP contribution is -2.82. The first-order valence-corrected chi connectivity index (χ1v) is 7.12. The molecule has 0 aliphatic carbocycles. The molecular weight excluding hydrogens is 499 g/mol. The molecule has 0 rings (SSSR count). The number of hydrogen-bond acceptors (Lipinski definition) is 2. The van der Waals surface area contributed by atoms with Gasteiger partial charge in [0.2, 0.25) is 0 Å². The predicted octanol–water partition coefficient (Wildman–Crippen LogP) is 5.05.